The summed E-state index contributed by atoms with van der Waals surface area (Å²) >= 11 is 1.95. The van der Waals surface area contributed by atoms with Gasteiger partial charge in [0.05, 0.1) is 12.8 Å². The van der Waals surface area contributed by atoms with Crippen LogP contribution in [0.15, 0.2) is 18.2 Å². The quantitative estimate of drug-likeness (QED) is 0.793. The van der Waals surface area contributed by atoms with Crippen LogP contribution in [0, 0.1) is 0 Å². The molecular formula is C12H20N2OS. The molecule has 1 N–H and O–H groups in total. The highest BCUT2D eigenvalue weighted by atomic mass is 32.2. The van der Waals surface area contributed by atoms with Crippen molar-refractivity contribution in [2.24, 2.45) is 0 Å². The Balaban J connectivity index is 2.35. The fraction of sp³-hybridized carbons (Fsp3) is 0.583. The SMILES string of the molecule is CCSCC(C)NCc1cccc(OC)n1. The molecule has 1 aromatic heterocycles. The van der Waals surface area contributed by atoms with Crippen molar-refractivity contribution in [1.29, 1.82) is 0 Å². The fourth-order valence-electron chi connectivity index (χ4n) is 1.30. The second kappa shape index (κ2) is 7.52. The van der Waals surface area contributed by atoms with Crippen LogP contribution in [-0.2, 0) is 6.54 Å². The zero-order valence-corrected chi connectivity index (χ0v) is 11.0. The lowest BCUT2D eigenvalue weighted by Crippen LogP contribution is -2.28. The predicted molar refractivity (Wildman–Crippen MR) is 70.1 cm³/mol. The van der Waals surface area contributed by atoms with Gasteiger partial charge in [-0.15, -0.1) is 0 Å². The standard InChI is InChI=1S/C12H20N2OS/c1-4-16-9-10(2)13-8-11-6-5-7-12(14-11)15-3/h5-7,10,13H,4,8-9H2,1-3H3. The van der Waals surface area contributed by atoms with Crippen LogP contribution >= 0.6 is 11.8 Å². The maximum absolute atomic E-state index is 5.08. The van der Waals surface area contributed by atoms with Crippen LogP contribution in [0.3, 0.4) is 0 Å². The van der Waals surface area contributed by atoms with Crippen molar-refractivity contribution < 1.29 is 4.74 Å². The van der Waals surface area contributed by atoms with Crippen LogP contribution in [0.1, 0.15) is 19.5 Å². The summed E-state index contributed by atoms with van der Waals surface area (Å²) in [5, 5.41) is 3.45. The van der Waals surface area contributed by atoms with Crippen LogP contribution in [0.5, 0.6) is 5.88 Å². The minimum Gasteiger partial charge on any atom is -0.481 e. The summed E-state index contributed by atoms with van der Waals surface area (Å²) in [4.78, 5) is 4.35. The van der Waals surface area contributed by atoms with E-state index >= 15 is 0 Å². The number of aromatic nitrogens is 1. The first-order valence-corrected chi connectivity index (χ1v) is 6.72. The second-order valence-electron chi connectivity index (χ2n) is 3.61. The van der Waals surface area contributed by atoms with E-state index in [4.69, 9.17) is 4.74 Å². The zero-order chi connectivity index (χ0) is 11.8. The third-order valence-corrected chi connectivity index (χ3v) is 3.34. The molecule has 0 spiro atoms. The number of methoxy groups -OCH3 is 1. The number of ether oxygens (including phenoxy) is 1. The summed E-state index contributed by atoms with van der Waals surface area (Å²) in [6.45, 7) is 5.17. The molecule has 0 bridgehead atoms. The Morgan fingerprint density at radius 2 is 2.31 bits per heavy atom. The molecule has 0 fully saturated rings. The summed E-state index contributed by atoms with van der Waals surface area (Å²) in [6, 6.07) is 6.35. The smallest absolute Gasteiger partial charge is 0.213 e. The van der Waals surface area contributed by atoms with E-state index in [2.05, 4.69) is 24.1 Å². The van der Waals surface area contributed by atoms with Crippen molar-refractivity contribution in [2.45, 2.75) is 26.4 Å². The molecule has 1 heterocycles. The highest BCUT2D eigenvalue weighted by molar-refractivity contribution is 7.99. The van der Waals surface area contributed by atoms with Crippen LogP contribution in [0.2, 0.25) is 0 Å². The molecule has 0 saturated heterocycles. The van der Waals surface area contributed by atoms with Gasteiger partial charge < -0.3 is 10.1 Å². The van der Waals surface area contributed by atoms with Gasteiger partial charge in [-0.25, -0.2) is 4.98 Å². The van der Waals surface area contributed by atoms with Crippen LogP contribution in [0.4, 0.5) is 0 Å². The van der Waals surface area contributed by atoms with Gasteiger partial charge in [-0.1, -0.05) is 13.0 Å². The molecule has 1 aromatic rings. The Hall–Kier alpha value is -0.740. The lowest BCUT2D eigenvalue weighted by Gasteiger charge is -2.12. The Morgan fingerprint density at radius 1 is 1.50 bits per heavy atom. The molecule has 0 aliphatic heterocycles. The first kappa shape index (κ1) is 13.3. The number of thioether (sulfide) groups is 1. The summed E-state index contributed by atoms with van der Waals surface area (Å²) < 4.78 is 5.08. The van der Waals surface area contributed by atoms with E-state index in [0.29, 0.717) is 11.9 Å². The molecule has 0 radical (unpaired) electrons. The van der Waals surface area contributed by atoms with E-state index in [1.165, 1.54) is 5.75 Å². The molecule has 1 unspecified atom stereocenters. The monoisotopic (exact) mass is 240 g/mol. The normalized spacial score (nSPS) is 12.4. The Kier molecular flexibility index (Phi) is 6.26. The number of nitrogens with zero attached hydrogens (tertiary/aromatic N) is 1. The molecule has 0 amide bonds. The number of hydrogen-bond donors (Lipinski definition) is 1. The lowest BCUT2D eigenvalue weighted by molar-refractivity contribution is 0.395. The van der Waals surface area contributed by atoms with Gasteiger partial charge in [-0.2, -0.15) is 11.8 Å². The average molecular weight is 240 g/mol. The van der Waals surface area contributed by atoms with Crippen molar-refractivity contribution in [3.63, 3.8) is 0 Å². The van der Waals surface area contributed by atoms with Crippen LogP contribution in [-0.4, -0.2) is 29.6 Å². The lowest BCUT2D eigenvalue weighted by atomic mass is 10.3. The second-order valence-corrected chi connectivity index (χ2v) is 4.93. The molecule has 90 valence electrons. The van der Waals surface area contributed by atoms with Crippen molar-refractivity contribution in [2.75, 3.05) is 18.6 Å². The molecule has 0 aliphatic rings. The molecule has 0 saturated carbocycles. The number of nitrogens with one attached hydrogen (secondary N) is 1. The fourth-order valence-corrected chi connectivity index (χ4v) is 2.01. The summed E-state index contributed by atoms with van der Waals surface area (Å²) in [5.41, 5.74) is 1.02. The van der Waals surface area contributed by atoms with Crippen molar-refractivity contribution >= 4 is 11.8 Å². The first-order valence-electron chi connectivity index (χ1n) is 5.57. The molecule has 4 heteroatoms. The summed E-state index contributed by atoms with van der Waals surface area (Å²) in [6.07, 6.45) is 0. The molecular weight excluding hydrogens is 220 g/mol. The maximum atomic E-state index is 5.08. The predicted octanol–water partition coefficient (Wildman–Crippen LogP) is 2.32. The Morgan fingerprint density at radius 3 is 3.00 bits per heavy atom. The van der Waals surface area contributed by atoms with E-state index in [0.717, 1.165) is 18.0 Å². The minimum absolute atomic E-state index is 0.512. The van der Waals surface area contributed by atoms with Gasteiger partial charge in [0.2, 0.25) is 5.88 Å². The maximum Gasteiger partial charge on any atom is 0.213 e. The largest absolute Gasteiger partial charge is 0.481 e. The minimum atomic E-state index is 0.512. The van der Waals surface area contributed by atoms with E-state index in [-0.39, 0.29) is 0 Å². The summed E-state index contributed by atoms with van der Waals surface area (Å²) in [7, 11) is 1.64. The Bertz CT molecular complexity index is 307. The molecule has 1 rings (SSSR count). The van der Waals surface area contributed by atoms with Gasteiger partial charge in [0, 0.05) is 24.4 Å². The van der Waals surface area contributed by atoms with Crippen LogP contribution < -0.4 is 10.1 Å². The number of pyridine rings is 1. The number of rotatable bonds is 7. The third-order valence-electron chi connectivity index (χ3n) is 2.19. The highest BCUT2D eigenvalue weighted by Crippen LogP contribution is 2.07. The topological polar surface area (TPSA) is 34.1 Å². The van der Waals surface area contributed by atoms with Crippen molar-refractivity contribution in [3.8, 4) is 5.88 Å². The molecule has 0 aliphatic carbocycles. The third kappa shape index (κ3) is 4.86. The molecule has 1 atom stereocenters. The highest BCUT2D eigenvalue weighted by Gasteiger charge is 2.02. The summed E-state index contributed by atoms with van der Waals surface area (Å²) in [5.74, 6) is 2.99. The molecule has 16 heavy (non-hydrogen) atoms. The van der Waals surface area contributed by atoms with Crippen LogP contribution in [0.25, 0.3) is 0 Å². The van der Waals surface area contributed by atoms with E-state index in [1.54, 1.807) is 7.11 Å². The van der Waals surface area contributed by atoms with Crippen molar-refractivity contribution in [1.82, 2.24) is 10.3 Å². The first-order chi connectivity index (χ1) is 7.76. The molecule has 3 nitrogen and oxygen atoms in total. The van der Waals surface area contributed by atoms with Gasteiger partial charge in [0.15, 0.2) is 0 Å². The van der Waals surface area contributed by atoms with Gasteiger partial charge in [-0.3, -0.25) is 0 Å². The van der Waals surface area contributed by atoms with Crippen molar-refractivity contribution in [3.05, 3.63) is 23.9 Å². The van der Waals surface area contributed by atoms with E-state index < -0.39 is 0 Å². The number of hydrogen-bond acceptors (Lipinski definition) is 4. The Labute approximate surface area is 102 Å². The van der Waals surface area contributed by atoms with Gasteiger partial charge in [-0.05, 0) is 18.7 Å². The van der Waals surface area contributed by atoms with E-state index in [1.807, 2.05) is 30.0 Å². The van der Waals surface area contributed by atoms with Gasteiger partial charge >= 0.3 is 0 Å². The average Bonchev–Trinajstić information content (AvgIpc) is 2.34. The van der Waals surface area contributed by atoms with E-state index in [9.17, 15) is 0 Å². The zero-order valence-electron chi connectivity index (χ0n) is 10.2. The molecule has 0 aromatic carbocycles. The van der Waals surface area contributed by atoms with Gasteiger partial charge in [0.1, 0.15) is 0 Å². The van der Waals surface area contributed by atoms with Gasteiger partial charge in [0.25, 0.3) is 0 Å².